The van der Waals surface area contributed by atoms with Crippen LogP contribution < -0.4 is 0 Å². The molecule has 0 amide bonds. The summed E-state index contributed by atoms with van der Waals surface area (Å²) in [5.74, 6) is 1.84. The van der Waals surface area contributed by atoms with Crippen molar-refractivity contribution in [1.29, 1.82) is 0 Å². The number of rotatable bonds is 5. The fourth-order valence-electron chi connectivity index (χ4n) is 7.98. The monoisotopic (exact) mass is 690 g/mol. The van der Waals surface area contributed by atoms with Gasteiger partial charge in [0.2, 0.25) is 0 Å². The maximum absolute atomic E-state index is 6.89. The number of hydrogen-bond acceptors (Lipinski definition) is 4. The summed E-state index contributed by atoms with van der Waals surface area (Å²) >= 11 is 0. The highest BCUT2D eigenvalue weighted by atomic mass is 16.3. The van der Waals surface area contributed by atoms with Gasteiger partial charge in [-0.05, 0) is 52.2 Å². The number of para-hydroxylation sites is 1. The Morgan fingerprint density at radius 1 is 0.389 bits per heavy atom. The quantitative estimate of drug-likeness (QED) is 0.180. The normalized spacial score (nSPS) is 11.7. The van der Waals surface area contributed by atoms with Crippen LogP contribution in [-0.4, -0.2) is 19.5 Å². The van der Waals surface area contributed by atoms with E-state index in [9.17, 15) is 0 Å². The second kappa shape index (κ2) is 12.1. The van der Waals surface area contributed by atoms with Crippen LogP contribution in [0.5, 0.6) is 0 Å². The second-order valence-corrected chi connectivity index (χ2v) is 13.6. The number of benzene rings is 8. The van der Waals surface area contributed by atoms with E-state index in [1.165, 1.54) is 32.7 Å². The van der Waals surface area contributed by atoms with Crippen molar-refractivity contribution in [1.82, 2.24) is 19.5 Å². The predicted octanol–water partition coefficient (Wildman–Crippen LogP) is 12.7. The van der Waals surface area contributed by atoms with Crippen LogP contribution in [0.25, 0.3) is 105 Å². The molecule has 0 saturated heterocycles. The molecule has 11 aromatic rings. The van der Waals surface area contributed by atoms with E-state index in [0.29, 0.717) is 17.5 Å². The standard InChI is InChI=1S/C49H30N4O/c1-4-14-31(15-5-1)35-27-28-40-39(30-35)44-36-21-11-10-16-32(36)26-29-41(44)53(40)42-24-12-22-37-45-38(23-13-25-43(45)54-46(37)42)49-51-47(33-17-6-2-7-18-33)50-48(52-49)34-19-8-3-9-20-34/h1-30H. The summed E-state index contributed by atoms with van der Waals surface area (Å²) in [7, 11) is 0. The smallest absolute Gasteiger partial charge is 0.164 e. The highest BCUT2D eigenvalue weighted by Crippen LogP contribution is 2.43. The van der Waals surface area contributed by atoms with Gasteiger partial charge in [-0.25, -0.2) is 15.0 Å². The number of nitrogens with zero attached hydrogens (tertiary/aromatic N) is 4. The topological polar surface area (TPSA) is 56.7 Å². The minimum atomic E-state index is 0.596. The van der Waals surface area contributed by atoms with Crippen molar-refractivity contribution >= 4 is 54.5 Å². The molecule has 3 aromatic heterocycles. The Labute approximate surface area is 310 Å². The van der Waals surface area contributed by atoms with Crippen LogP contribution in [0.3, 0.4) is 0 Å². The molecule has 0 unspecified atom stereocenters. The van der Waals surface area contributed by atoms with E-state index in [4.69, 9.17) is 19.4 Å². The molecule has 0 aliphatic carbocycles. The third-order valence-electron chi connectivity index (χ3n) is 10.4. The lowest BCUT2D eigenvalue weighted by atomic mass is 10.0. The van der Waals surface area contributed by atoms with Crippen LogP contribution >= 0.6 is 0 Å². The van der Waals surface area contributed by atoms with Crippen molar-refractivity contribution < 1.29 is 4.42 Å². The Kier molecular flexibility index (Phi) is 6.79. The van der Waals surface area contributed by atoms with Gasteiger partial charge in [0.1, 0.15) is 5.58 Å². The molecule has 252 valence electrons. The molecule has 0 atom stereocenters. The molecule has 3 heterocycles. The van der Waals surface area contributed by atoms with Crippen molar-refractivity contribution in [2.45, 2.75) is 0 Å². The molecule has 0 radical (unpaired) electrons. The zero-order valence-corrected chi connectivity index (χ0v) is 29.0. The Balaban J connectivity index is 1.18. The summed E-state index contributed by atoms with van der Waals surface area (Å²) < 4.78 is 9.25. The van der Waals surface area contributed by atoms with Crippen LogP contribution in [-0.2, 0) is 0 Å². The molecular weight excluding hydrogens is 661 g/mol. The van der Waals surface area contributed by atoms with Crippen molar-refractivity contribution in [3.8, 4) is 51.0 Å². The lowest BCUT2D eigenvalue weighted by Crippen LogP contribution is -2.00. The van der Waals surface area contributed by atoms with E-state index < -0.39 is 0 Å². The summed E-state index contributed by atoms with van der Waals surface area (Å²) in [6.07, 6.45) is 0. The van der Waals surface area contributed by atoms with Crippen molar-refractivity contribution in [2.24, 2.45) is 0 Å². The van der Waals surface area contributed by atoms with Crippen molar-refractivity contribution in [2.75, 3.05) is 0 Å². The van der Waals surface area contributed by atoms with E-state index >= 15 is 0 Å². The summed E-state index contributed by atoms with van der Waals surface area (Å²) in [4.78, 5) is 15.1. The van der Waals surface area contributed by atoms with Gasteiger partial charge in [-0.15, -0.1) is 0 Å². The predicted molar refractivity (Wildman–Crippen MR) is 221 cm³/mol. The van der Waals surface area contributed by atoms with Crippen LogP contribution in [0.15, 0.2) is 186 Å². The molecule has 0 saturated carbocycles. The summed E-state index contributed by atoms with van der Waals surface area (Å²) in [5, 5.41) is 6.82. The minimum Gasteiger partial charge on any atom is -0.454 e. The van der Waals surface area contributed by atoms with Crippen LogP contribution in [0.2, 0.25) is 0 Å². The van der Waals surface area contributed by atoms with Gasteiger partial charge in [0, 0.05) is 38.2 Å². The molecule has 0 aliphatic rings. The highest BCUT2D eigenvalue weighted by Gasteiger charge is 2.22. The lowest BCUT2D eigenvalue weighted by molar-refractivity contribution is 0.666. The molecule has 5 nitrogen and oxygen atoms in total. The van der Waals surface area contributed by atoms with E-state index in [2.05, 4.69) is 114 Å². The number of fused-ring (bicyclic) bond motifs is 8. The molecule has 8 aromatic carbocycles. The SMILES string of the molecule is c1ccc(-c2ccc3c(c2)c2c4ccccc4ccc2n3-c2cccc3c2oc2cccc(-c4nc(-c5ccccc5)nc(-c5ccccc5)n4)c23)cc1. The van der Waals surface area contributed by atoms with Gasteiger partial charge in [0.15, 0.2) is 23.1 Å². The van der Waals surface area contributed by atoms with E-state index in [1.54, 1.807) is 0 Å². The average molecular weight is 691 g/mol. The zero-order chi connectivity index (χ0) is 35.6. The van der Waals surface area contributed by atoms with E-state index in [-0.39, 0.29) is 0 Å². The molecule has 11 rings (SSSR count). The Morgan fingerprint density at radius 3 is 1.74 bits per heavy atom. The van der Waals surface area contributed by atoms with Crippen molar-refractivity contribution in [3.05, 3.63) is 182 Å². The van der Waals surface area contributed by atoms with Crippen LogP contribution in [0.1, 0.15) is 0 Å². The maximum atomic E-state index is 6.89. The van der Waals surface area contributed by atoms with Gasteiger partial charge in [-0.3, -0.25) is 0 Å². The summed E-state index contributed by atoms with van der Waals surface area (Å²) in [6, 6.07) is 63.2. The zero-order valence-electron chi connectivity index (χ0n) is 29.0. The molecule has 0 bridgehead atoms. The molecular formula is C49H30N4O. The van der Waals surface area contributed by atoms with Crippen LogP contribution in [0.4, 0.5) is 0 Å². The second-order valence-electron chi connectivity index (χ2n) is 13.6. The van der Waals surface area contributed by atoms with E-state index in [0.717, 1.165) is 55.3 Å². The fourth-order valence-corrected chi connectivity index (χ4v) is 7.98. The summed E-state index contributed by atoms with van der Waals surface area (Å²) in [5.41, 5.74) is 9.92. The first-order valence-corrected chi connectivity index (χ1v) is 18.1. The molecule has 54 heavy (non-hydrogen) atoms. The molecule has 0 N–H and O–H groups in total. The Bertz CT molecular complexity index is 3140. The minimum absolute atomic E-state index is 0.596. The first kappa shape index (κ1) is 30.3. The van der Waals surface area contributed by atoms with Crippen LogP contribution in [0, 0.1) is 0 Å². The lowest BCUT2D eigenvalue weighted by Gasteiger charge is -2.10. The number of furan rings is 1. The Morgan fingerprint density at radius 2 is 1.00 bits per heavy atom. The van der Waals surface area contributed by atoms with Gasteiger partial charge in [-0.1, -0.05) is 152 Å². The highest BCUT2D eigenvalue weighted by molar-refractivity contribution is 6.23. The van der Waals surface area contributed by atoms with Gasteiger partial charge in [0.05, 0.1) is 16.7 Å². The van der Waals surface area contributed by atoms with Gasteiger partial charge < -0.3 is 8.98 Å². The average Bonchev–Trinajstić information content (AvgIpc) is 3.80. The van der Waals surface area contributed by atoms with Gasteiger partial charge in [0.25, 0.3) is 0 Å². The summed E-state index contributed by atoms with van der Waals surface area (Å²) in [6.45, 7) is 0. The van der Waals surface area contributed by atoms with Gasteiger partial charge >= 0.3 is 0 Å². The fraction of sp³-hybridized carbons (Fsp3) is 0. The number of aromatic nitrogens is 4. The third kappa shape index (κ3) is 4.76. The molecule has 0 spiro atoms. The Hall–Kier alpha value is -7.37. The maximum Gasteiger partial charge on any atom is 0.164 e. The first-order valence-electron chi connectivity index (χ1n) is 18.1. The third-order valence-corrected chi connectivity index (χ3v) is 10.4. The first-order chi connectivity index (χ1) is 26.8. The molecule has 0 aliphatic heterocycles. The number of hydrogen-bond donors (Lipinski definition) is 0. The van der Waals surface area contributed by atoms with E-state index in [1.807, 2.05) is 72.8 Å². The largest absolute Gasteiger partial charge is 0.454 e. The molecule has 5 heteroatoms. The van der Waals surface area contributed by atoms with Gasteiger partial charge in [-0.2, -0.15) is 0 Å². The molecule has 0 fully saturated rings. The van der Waals surface area contributed by atoms with Crippen molar-refractivity contribution in [3.63, 3.8) is 0 Å².